The number of thiophene rings is 1. The SMILES string of the molecule is CCc1cc2c(NCCc3ncno3)nc(NN)nc2s1. The number of anilines is 2. The second-order valence-corrected chi connectivity index (χ2v) is 5.45. The lowest BCUT2D eigenvalue weighted by Crippen LogP contribution is -2.13. The fraction of sp³-hybridized carbons (Fsp3) is 0.333. The van der Waals surface area contributed by atoms with Gasteiger partial charge in [-0.05, 0) is 12.5 Å². The average molecular weight is 305 g/mol. The van der Waals surface area contributed by atoms with Crippen LogP contribution in [0.2, 0.25) is 0 Å². The molecule has 3 heterocycles. The van der Waals surface area contributed by atoms with Crippen LogP contribution in [0.3, 0.4) is 0 Å². The summed E-state index contributed by atoms with van der Waals surface area (Å²) >= 11 is 1.64. The molecule has 3 aromatic rings. The minimum atomic E-state index is 0.396. The Kier molecular flexibility index (Phi) is 3.93. The van der Waals surface area contributed by atoms with Gasteiger partial charge in [-0.1, -0.05) is 12.1 Å². The monoisotopic (exact) mass is 305 g/mol. The van der Waals surface area contributed by atoms with Crippen LogP contribution in [-0.4, -0.2) is 26.7 Å². The Balaban J connectivity index is 1.83. The summed E-state index contributed by atoms with van der Waals surface area (Å²) < 4.78 is 4.96. The minimum Gasteiger partial charge on any atom is -0.369 e. The number of hydrogen-bond acceptors (Lipinski definition) is 9. The Bertz CT molecular complexity index is 725. The second-order valence-electron chi connectivity index (χ2n) is 4.34. The lowest BCUT2D eigenvalue weighted by atomic mass is 10.3. The van der Waals surface area contributed by atoms with Gasteiger partial charge in [0.15, 0.2) is 6.33 Å². The van der Waals surface area contributed by atoms with Crippen LogP contribution in [0.1, 0.15) is 17.7 Å². The maximum atomic E-state index is 5.42. The molecule has 4 N–H and O–H groups in total. The van der Waals surface area contributed by atoms with Crippen molar-refractivity contribution >= 4 is 33.3 Å². The van der Waals surface area contributed by atoms with E-state index in [1.807, 2.05) is 0 Å². The highest BCUT2D eigenvalue weighted by Crippen LogP contribution is 2.30. The van der Waals surface area contributed by atoms with E-state index in [1.54, 1.807) is 11.3 Å². The Hall–Kier alpha value is -2.26. The fourth-order valence-electron chi connectivity index (χ4n) is 1.94. The number of nitrogen functional groups attached to an aromatic ring is 1. The molecule has 0 amide bonds. The number of nitrogens with two attached hydrogens (primary N) is 1. The van der Waals surface area contributed by atoms with Crippen molar-refractivity contribution in [1.82, 2.24) is 20.1 Å². The van der Waals surface area contributed by atoms with Crippen LogP contribution < -0.4 is 16.6 Å². The molecule has 0 saturated heterocycles. The molecule has 0 aliphatic rings. The van der Waals surface area contributed by atoms with Gasteiger partial charge in [0.1, 0.15) is 10.6 Å². The molecule has 0 aliphatic carbocycles. The van der Waals surface area contributed by atoms with Gasteiger partial charge in [-0.25, -0.2) is 10.8 Å². The molecular formula is C12H15N7OS. The molecule has 0 aliphatic heterocycles. The molecule has 8 nitrogen and oxygen atoms in total. The first-order chi connectivity index (χ1) is 10.3. The Morgan fingerprint density at radius 1 is 1.38 bits per heavy atom. The van der Waals surface area contributed by atoms with Crippen LogP contribution in [0, 0.1) is 0 Å². The summed E-state index contributed by atoms with van der Waals surface area (Å²) in [5.74, 6) is 7.16. The lowest BCUT2D eigenvalue weighted by Gasteiger charge is -2.07. The molecule has 3 aromatic heterocycles. The summed E-state index contributed by atoms with van der Waals surface area (Å²) in [6, 6.07) is 2.11. The molecule has 0 saturated carbocycles. The van der Waals surface area contributed by atoms with Gasteiger partial charge in [0.25, 0.3) is 0 Å². The number of hydrazine groups is 1. The van der Waals surface area contributed by atoms with E-state index >= 15 is 0 Å². The van der Waals surface area contributed by atoms with Gasteiger partial charge in [-0.2, -0.15) is 9.97 Å². The zero-order chi connectivity index (χ0) is 14.7. The highest BCUT2D eigenvalue weighted by atomic mass is 32.1. The minimum absolute atomic E-state index is 0.396. The van der Waals surface area contributed by atoms with E-state index in [9.17, 15) is 0 Å². The first-order valence-corrected chi connectivity index (χ1v) is 7.38. The molecule has 0 radical (unpaired) electrons. The fourth-order valence-corrected chi connectivity index (χ4v) is 2.91. The normalized spacial score (nSPS) is 11.0. The highest BCUT2D eigenvalue weighted by Gasteiger charge is 2.11. The Labute approximate surface area is 124 Å². The van der Waals surface area contributed by atoms with Crippen LogP contribution in [0.4, 0.5) is 11.8 Å². The van der Waals surface area contributed by atoms with E-state index in [-0.39, 0.29) is 0 Å². The first kappa shape index (κ1) is 13.7. The lowest BCUT2D eigenvalue weighted by molar-refractivity contribution is 0.380. The summed E-state index contributed by atoms with van der Waals surface area (Å²) in [6.07, 6.45) is 2.98. The zero-order valence-electron chi connectivity index (χ0n) is 11.5. The quantitative estimate of drug-likeness (QED) is 0.464. The van der Waals surface area contributed by atoms with E-state index in [0.717, 1.165) is 22.5 Å². The number of fused-ring (bicyclic) bond motifs is 1. The van der Waals surface area contributed by atoms with E-state index in [4.69, 9.17) is 10.4 Å². The van der Waals surface area contributed by atoms with Crippen molar-refractivity contribution in [2.24, 2.45) is 5.84 Å². The van der Waals surface area contributed by atoms with Crippen molar-refractivity contribution in [1.29, 1.82) is 0 Å². The van der Waals surface area contributed by atoms with Gasteiger partial charge < -0.3 is 9.84 Å². The molecule has 0 aromatic carbocycles. The van der Waals surface area contributed by atoms with Crippen molar-refractivity contribution in [3.8, 4) is 0 Å². The molecule has 0 fully saturated rings. The molecule has 0 unspecified atom stereocenters. The second kappa shape index (κ2) is 6.02. The summed E-state index contributed by atoms with van der Waals surface area (Å²) in [7, 11) is 0. The number of nitrogens with zero attached hydrogens (tertiary/aromatic N) is 4. The van der Waals surface area contributed by atoms with Crippen molar-refractivity contribution in [3.05, 3.63) is 23.2 Å². The predicted molar refractivity (Wildman–Crippen MR) is 81.1 cm³/mol. The van der Waals surface area contributed by atoms with E-state index < -0.39 is 0 Å². The highest BCUT2D eigenvalue weighted by molar-refractivity contribution is 7.18. The molecule has 9 heteroatoms. The van der Waals surface area contributed by atoms with Crippen LogP contribution in [0.15, 0.2) is 16.9 Å². The number of hydrogen-bond donors (Lipinski definition) is 3. The van der Waals surface area contributed by atoms with Gasteiger partial charge >= 0.3 is 0 Å². The maximum absolute atomic E-state index is 5.42. The average Bonchev–Trinajstić information content (AvgIpc) is 3.15. The standard InChI is InChI=1S/C12H15N7OS/c1-2-7-5-8-10(14-4-3-9-15-6-16-20-9)17-12(19-13)18-11(8)21-7/h5-6H,2-4,13H2,1H3,(H2,14,17,18,19). The third-order valence-electron chi connectivity index (χ3n) is 2.96. The van der Waals surface area contributed by atoms with Crippen molar-refractivity contribution in [2.75, 3.05) is 17.3 Å². The summed E-state index contributed by atoms with van der Waals surface area (Å²) in [6.45, 7) is 2.75. The van der Waals surface area contributed by atoms with Gasteiger partial charge in [0, 0.05) is 17.8 Å². The van der Waals surface area contributed by atoms with E-state index in [2.05, 4.69) is 43.8 Å². The number of aryl methyl sites for hydroxylation is 1. The predicted octanol–water partition coefficient (Wildman–Crippen LogP) is 1.58. The van der Waals surface area contributed by atoms with Gasteiger partial charge in [-0.15, -0.1) is 11.3 Å². The van der Waals surface area contributed by atoms with Crippen LogP contribution in [-0.2, 0) is 12.8 Å². The largest absolute Gasteiger partial charge is 0.369 e. The zero-order valence-corrected chi connectivity index (χ0v) is 12.3. The van der Waals surface area contributed by atoms with E-state index in [1.165, 1.54) is 11.2 Å². The smallest absolute Gasteiger partial charge is 0.240 e. The van der Waals surface area contributed by atoms with Gasteiger partial charge in [0.2, 0.25) is 11.8 Å². The molecule has 3 rings (SSSR count). The third-order valence-corrected chi connectivity index (χ3v) is 4.13. The first-order valence-electron chi connectivity index (χ1n) is 6.56. The molecule has 110 valence electrons. The summed E-state index contributed by atoms with van der Waals surface area (Å²) in [4.78, 5) is 14.9. The van der Waals surface area contributed by atoms with E-state index in [0.29, 0.717) is 24.8 Å². The maximum Gasteiger partial charge on any atom is 0.240 e. The number of nitrogens with one attached hydrogen (secondary N) is 2. The van der Waals surface area contributed by atoms with Gasteiger partial charge in [0.05, 0.1) is 5.39 Å². The molecule has 0 spiro atoms. The van der Waals surface area contributed by atoms with Crippen LogP contribution in [0.5, 0.6) is 0 Å². The van der Waals surface area contributed by atoms with Crippen molar-refractivity contribution in [3.63, 3.8) is 0 Å². The van der Waals surface area contributed by atoms with Crippen LogP contribution in [0.25, 0.3) is 10.2 Å². The van der Waals surface area contributed by atoms with Crippen LogP contribution >= 0.6 is 11.3 Å². The topological polar surface area (TPSA) is 115 Å². The molecule has 0 bridgehead atoms. The molecule has 0 atom stereocenters. The van der Waals surface area contributed by atoms with Crippen molar-refractivity contribution < 1.29 is 4.52 Å². The Morgan fingerprint density at radius 3 is 3.00 bits per heavy atom. The van der Waals surface area contributed by atoms with Gasteiger partial charge in [-0.3, -0.25) is 5.43 Å². The molecular weight excluding hydrogens is 290 g/mol. The number of aromatic nitrogens is 4. The third kappa shape index (κ3) is 2.93. The number of rotatable bonds is 6. The summed E-state index contributed by atoms with van der Waals surface area (Å²) in [5, 5.41) is 7.85. The van der Waals surface area contributed by atoms with Crippen molar-refractivity contribution in [2.45, 2.75) is 19.8 Å². The Morgan fingerprint density at radius 2 is 2.29 bits per heavy atom. The molecule has 21 heavy (non-hydrogen) atoms. The summed E-state index contributed by atoms with van der Waals surface area (Å²) in [5.41, 5.74) is 2.49.